The SMILES string of the molecule is COc1ccc(-c2ccc(/C=C3\SC(=S)N(C4CC5CCC4C5)C3=O)o2)cc1OCC(=O)NCCc1ccc(O)cc1. The number of phenolic OH excluding ortho intramolecular Hbond substituents is 1. The molecule has 1 aliphatic heterocycles. The number of amides is 2. The first-order chi connectivity index (χ1) is 20.4. The number of nitrogens with one attached hydrogen (secondary N) is 1. The van der Waals surface area contributed by atoms with E-state index in [2.05, 4.69) is 5.32 Å². The number of methoxy groups -OCH3 is 1. The summed E-state index contributed by atoms with van der Waals surface area (Å²) in [5.41, 5.74) is 1.75. The molecule has 8 nitrogen and oxygen atoms in total. The highest BCUT2D eigenvalue weighted by atomic mass is 32.2. The van der Waals surface area contributed by atoms with Crippen molar-refractivity contribution in [3.05, 3.63) is 70.8 Å². The second kappa shape index (κ2) is 12.2. The fourth-order valence-electron chi connectivity index (χ4n) is 6.15. The van der Waals surface area contributed by atoms with Crippen LogP contribution in [-0.4, -0.2) is 52.4 Å². The largest absolute Gasteiger partial charge is 0.508 e. The summed E-state index contributed by atoms with van der Waals surface area (Å²) in [6.07, 6.45) is 7.12. The van der Waals surface area contributed by atoms with Crippen molar-refractivity contribution >= 4 is 46.2 Å². The number of ether oxygens (including phenoxy) is 2. The van der Waals surface area contributed by atoms with Gasteiger partial charge in [0.05, 0.1) is 12.0 Å². The van der Waals surface area contributed by atoms with E-state index in [-0.39, 0.29) is 30.2 Å². The van der Waals surface area contributed by atoms with Gasteiger partial charge >= 0.3 is 0 Å². The standard InChI is InChI=1S/C32H32N2O6S2/c1-38-27-10-6-22(16-28(27)39-18-30(36)33-13-12-19-3-7-23(35)8-4-19)26-11-9-24(40-26)17-29-31(37)34(32(41)42-29)25-15-20-2-5-21(25)14-20/h3-4,6-11,16-17,20-21,25,35H,2,5,12-15,18H2,1H3,(H,33,36)/b29-17-. The molecule has 3 unspecified atom stereocenters. The molecular weight excluding hydrogens is 572 g/mol. The van der Waals surface area contributed by atoms with Crippen LogP contribution in [-0.2, 0) is 16.0 Å². The van der Waals surface area contributed by atoms with Gasteiger partial charge in [0.25, 0.3) is 11.8 Å². The zero-order valence-corrected chi connectivity index (χ0v) is 24.8. The number of carbonyl (C=O) groups excluding carboxylic acids is 2. The van der Waals surface area contributed by atoms with E-state index in [9.17, 15) is 14.7 Å². The summed E-state index contributed by atoms with van der Waals surface area (Å²) in [6.45, 7) is 0.267. The maximum atomic E-state index is 13.3. The number of thiocarbonyl (C=S) groups is 1. The van der Waals surface area contributed by atoms with Crippen molar-refractivity contribution in [1.29, 1.82) is 0 Å². The van der Waals surface area contributed by atoms with Crippen molar-refractivity contribution in [1.82, 2.24) is 10.2 Å². The molecule has 3 aromatic rings. The van der Waals surface area contributed by atoms with Crippen molar-refractivity contribution in [2.75, 3.05) is 20.3 Å². The Labute approximate surface area is 254 Å². The van der Waals surface area contributed by atoms with Crippen LogP contribution in [0.2, 0.25) is 0 Å². The number of hydrogen-bond acceptors (Lipinski definition) is 8. The molecule has 2 amide bonds. The van der Waals surface area contributed by atoms with Crippen LogP contribution in [0.5, 0.6) is 17.2 Å². The van der Waals surface area contributed by atoms with Crippen LogP contribution in [0.1, 0.15) is 37.0 Å². The molecule has 2 N–H and O–H groups in total. The number of aromatic hydroxyl groups is 1. The number of phenols is 1. The molecule has 1 aromatic heterocycles. The molecular formula is C32H32N2O6S2. The van der Waals surface area contributed by atoms with Gasteiger partial charge in [-0.3, -0.25) is 14.5 Å². The van der Waals surface area contributed by atoms with Gasteiger partial charge in [-0.15, -0.1) is 0 Å². The third-order valence-corrected chi connectivity index (χ3v) is 9.57. The monoisotopic (exact) mass is 604 g/mol. The van der Waals surface area contributed by atoms with Gasteiger partial charge in [-0.25, -0.2) is 0 Å². The quantitative estimate of drug-likeness (QED) is 0.222. The zero-order valence-electron chi connectivity index (χ0n) is 23.2. The lowest BCUT2D eigenvalue weighted by Gasteiger charge is -2.30. The maximum absolute atomic E-state index is 13.3. The topological polar surface area (TPSA) is 101 Å². The maximum Gasteiger partial charge on any atom is 0.266 e. The molecule has 2 bridgehead atoms. The van der Waals surface area contributed by atoms with E-state index in [0.717, 1.165) is 23.5 Å². The first-order valence-electron chi connectivity index (χ1n) is 14.1. The van der Waals surface area contributed by atoms with E-state index >= 15 is 0 Å². The lowest BCUT2D eigenvalue weighted by molar-refractivity contribution is -0.124. The number of benzene rings is 2. The van der Waals surface area contributed by atoms with Crippen LogP contribution in [0.25, 0.3) is 17.4 Å². The normalized spacial score (nSPS) is 22.3. The minimum absolute atomic E-state index is 0.0259. The van der Waals surface area contributed by atoms with E-state index in [1.807, 2.05) is 35.2 Å². The molecule has 218 valence electrons. The Morgan fingerprint density at radius 2 is 1.98 bits per heavy atom. The third kappa shape index (κ3) is 6.05. The van der Waals surface area contributed by atoms with Crippen LogP contribution < -0.4 is 14.8 Å². The molecule has 0 radical (unpaired) electrons. The Morgan fingerprint density at radius 1 is 1.14 bits per heavy atom. The second-order valence-electron chi connectivity index (χ2n) is 10.9. The summed E-state index contributed by atoms with van der Waals surface area (Å²) in [6, 6.07) is 16.1. The lowest BCUT2D eigenvalue weighted by Crippen LogP contribution is -2.41. The number of hydrogen-bond donors (Lipinski definition) is 2. The minimum Gasteiger partial charge on any atom is -0.508 e. The van der Waals surface area contributed by atoms with Gasteiger partial charge in [0.2, 0.25) is 0 Å². The second-order valence-corrected chi connectivity index (χ2v) is 12.6. The van der Waals surface area contributed by atoms with Gasteiger partial charge < -0.3 is 24.3 Å². The highest BCUT2D eigenvalue weighted by Gasteiger charge is 2.48. The molecule has 3 fully saturated rings. The van der Waals surface area contributed by atoms with Gasteiger partial charge in [-0.2, -0.15) is 0 Å². The van der Waals surface area contributed by atoms with Crippen molar-refractivity contribution in [3.63, 3.8) is 0 Å². The number of carbonyl (C=O) groups is 2. The molecule has 42 heavy (non-hydrogen) atoms. The Bertz CT molecular complexity index is 1530. The predicted octanol–water partition coefficient (Wildman–Crippen LogP) is 5.79. The summed E-state index contributed by atoms with van der Waals surface area (Å²) in [4.78, 5) is 28.1. The van der Waals surface area contributed by atoms with Crippen molar-refractivity contribution < 1.29 is 28.6 Å². The number of furan rings is 1. The van der Waals surface area contributed by atoms with Crippen LogP contribution in [0, 0.1) is 11.8 Å². The van der Waals surface area contributed by atoms with Crippen LogP contribution in [0.15, 0.2) is 63.9 Å². The van der Waals surface area contributed by atoms with Crippen molar-refractivity contribution in [2.24, 2.45) is 11.8 Å². The number of thioether (sulfide) groups is 1. The molecule has 1 saturated heterocycles. The molecule has 0 spiro atoms. The van der Waals surface area contributed by atoms with E-state index < -0.39 is 0 Å². The van der Waals surface area contributed by atoms with Crippen LogP contribution in [0.4, 0.5) is 0 Å². The third-order valence-electron chi connectivity index (χ3n) is 8.24. The molecule has 2 heterocycles. The van der Waals surface area contributed by atoms with E-state index in [1.54, 1.807) is 30.3 Å². The molecule has 10 heteroatoms. The fraction of sp³-hybridized carbons (Fsp3) is 0.344. The van der Waals surface area contributed by atoms with Gasteiger partial charge in [0, 0.05) is 24.2 Å². The van der Waals surface area contributed by atoms with E-state index in [0.29, 0.717) is 51.1 Å². The summed E-state index contributed by atoms with van der Waals surface area (Å²) < 4.78 is 18.0. The zero-order chi connectivity index (χ0) is 29.2. The number of fused-ring (bicyclic) bond motifs is 2. The number of nitrogens with zero attached hydrogens (tertiary/aromatic N) is 1. The predicted molar refractivity (Wildman–Crippen MR) is 165 cm³/mol. The highest BCUT2D eigenvalue weighted by Crippen LogP contribution is 2.49. The smallest absolute Gasteiger partial charge is 0.266 e. The number of rotatable bonds is 10. The summed E-state index contributed by atoms with van der Waals surface area (Å²) >= 11 is 6.95. The molecule has 3 aliphatic rings. The van der Waals surface area contributed by atoms with Crippen molar-refractivity contribution in [2.45, 2.75) is 38.1 Å². The average Bonchev–Trinajstić information content (AvgIpc) is 3.79. The Balaban J connectivity index is 1.08. The Morgan fingerprint density at radius 3 is 2.71 bits per heavy atom. The first kappa shape index (κ1) is 28.4. The minimum atomic E-state index is -0.260. The van der Waals surface area contributed by atoms with Gasteiger partial charge in [0.15, 0.2) is 18.1 Å². The summed E-state index contributed by atoms with van der Waals surface area (Å²) in [7, 11) is 1.54. The van der Waals surface area contributed by atoms with Crippen LogP contribution in [0.3, 0.4) is 0 Å². The fourth-order valence-corrected chi connectivity index (χ4v) is 7.51. The molecule has 3 atom stereocenters. The van der Waals surface area contributed by atoms with Gasteiger partial charge in [0.1, 0.15) is 21.6 Å². The molecule has 2 saturated carbocycles. The molecule has 2 aromatic carbocycles. The summed E-state index contributed by atoms with van der Waals surface area (Å²) in [5.74, 6) is 3.27. The average molecular weight is 605 g/mol. The lowest BCUT2D eigenvalue weighted by atomic mass is 9.94. The van der Waals surface area contributed by atoms with Gasteiger partial charge in [-0.05, 0) is 85.5 Å². The Hall–Kier alpha value is -3.76. The first-order valence-corrected chi connectivity index (χ1v) is 15.3. The molecule has 6 rings (SSSR count). The highest BCUT2D eigenvalue weighted by molar-refractivity contribution is 8.26. The van der Waals surface area contributed by atoms with E-state index in [1.165, 1.54) is 38.1 Å². The van der Waals surface area contributed by atoms with Crippen molar-refractivity contribution in [3.8, 4) is 28.6 Å². The molecule has 2 aliphatic carbocycles. The van der Waals surface area contributed by atoms with Gasteiger partial charge in [-0.1, -0.05) is 42.5 Å². The Kier molecular flexibility index (Phi) is 8.26. The summed E-state index contributed by atoms with van der Waals surface area (Å²) in [5, 5.41) is 12.2. The van der Waals surface area contributed by atoms with E-state index in [4.69, 9.17) is 26.1 Å². The van der Waals surface area contributed by atoms with Crippen LogP contribution >= 0.6 is 24.0 Å².